The number of hydrogen-bond acceptors (Lipinski definition) is 1. The molecular formula is C11H25N. The topological polar surface area (TPSA) is 26.0 Å². The van der Waals surface area contributed by atoms with Gasteiger partial charge in [0.1, 0.15) is 0 Å². The van der Waals surface area contributed by atoms with Crippen LogP contribution in [0.15, 0.2) is 11.1 Å². The van der Waals surface area contributed by atoms with Gasteiger partial charge in [-0.25, -0.2) is 0 Å². The number of hydrogen-bond donors (Lipinski definition) is 1. The van der Waals surface area contributed by atoms with E-state index in [1.165, 1.54) is 30.4 Å². The van der Waals surface area contributed by atoms with Gasteiger partial charge in [-0.2, -0.15) is 0 Å². The van der Waals surface area contributed by atoms with Crippen LogP contribution < -0.4 is 5.73 Å². The van der Waals surface area contributed by atoms with Crippen LogP contribution in [0.4, 0.5) is 0 Å². The van der Waals surface area contributed by atoms with E-state index in [-0.39, 0.29) is 0 Å². The Labute approximate surface area is 78.0 Å². The second-order valence-corrected chi connectivity index (χ2v) is 3.50. The molecule has 0 saturated carbocycles. The quantitative estimate of drug-likeness (QED) is 0.510. The Morgan fingerprint density at radius 1 is 0.917 bits per heavy atom. The van der Waals surface area contributed by atoms with Crippen LogP contribution in [-0.4, -0.2) is 6.54 Å². The maximum Gasteiger partial charge on any atom is -0.00773 e. The smallest absolute Gasteiger partial charge is 0.00773 e. The van der Waals surface area contributed by atoms with E-state index < -0.39 is 0 Å². The van der Waals surface area contributed by atoms with E-state index in [2.05, 4.69) is 34.6 Å². The largest absolute Gasteiger partial charge is 0.330 e. The highest BCUT2D eigenvalue weighted by Crippen LogP contribution is 1.97. The van der Waals surface area contributed by atoms with Crippen LogP contribution in [-0.2, 0) is 0 Å². The summed E-state index contributed by atoms with van der Waals surface area (Å²) in [4.78, 5) is 0. The summed E-state index contributed by atoms with van der Waals surface area (Å²) >= 11 is 0. The lowest BCUT2D eigenvalue weighted by molar-refractivity contribution is 0.727. The van der Waals surface area contributed by atoms with E-state index in [4.69, 9.17) is 5.73 Å². The van der Waals surface area contributed by atoms with Gasteiger partial charge in [0.15, 0.2) is 0 Å². The average Bonchev–Trinajstić information content (AvgIpc) is 2.02. The molecule has 0 aliphatic rings. The van der Waals surface area contributed by atoms with Gasteiger partial charge in [0.2, 0.25) is 0 Å². The molecule has 0 aromatic heterocycles. The lowest BCUT2D eigenvalue weighted by Gasteiger charge is -1.88. The van der Waals surface area contributed by atoms with E-state index in [0.29, 0.717) is 0 Å². The highest BCUT2D eigenvalue weighted by Gasteiger charge is 1.75. The fourth-order valence-electron chi connectivity index (χ4n) is 0.394. The first kappa shape index (κ1) is 14.2. The van der Waals surface area contributed by atoms with Crippen molar-refractivity contribution >= 4 is 0 Å². The van der Waals surface area contributed by atoms with Crippen LogP contribution in [0.3, 0.4) is 0 Å². The summed E-state index contributed by atoms with van der Waals surface area (Å²) in [5.74, 6) is 0. The minimum Gasteiger partial charge on any atom is -0.330 e. The van der Waals surface area contributed by atoms with Gasteiger partial charge in [0, 0.05) is 0 Å². The van der Waals surface area contributed by atoms with Gasteiger partial charge in [-0.3, -0.25) is 0 Å². The zero-order valence-corrected chi connectivity index (χ0v) is 9.41. The zero-order chi connectivity index (χ0) is 9.98. The van der Waals surface area contributed by atoms with Gasteiger partial charge in [-0.15, -0.1) is 0 Å². The molecule has 0 heterocycles. The fraction of sp³-hybridized carbons (Fsp3) is 0.818. The monoisotopic (exact) mass is 171 g/mol. The van der Waals surface area contributed by atoms with E-state index in [1.54, 1.807) is 0 Å². The summed E-state index contributed by atoms with van der Waals surface area (Å²) in [5, 5.41) is 0. The summed E-state index contributed by atoms with van der Waals surface area (Å²) in [7, 11) is 0. The van der Waals surface area contributed by atoms with Gasteiger partial charge in [0.05, 0.1) is 0 Å². The van der Waals surface area contributed by atoms with E-state index >= 15 is 0 Å². The molecule has 0 fully saturated rings. The number of rotatable bonds is 3. The Balaban J connectivity index is 0. The molecular weight excluding hydrogens is 146 g/mol. The molecule has 0 aromatic rings. The number of allylic oxidation sites excluding steroid dienone is 2. The van der Waals surface area contributed by atoms with Gasteiger partial charge >= 0.3 is 0 Å². The molecule has 2 N–H and O–H groups in total. The van der Waals surface area contributed by atoms with Crippen LogP contribution in [0.2, 0.25) is 0 Å². The summed E-state index contributed by atoms with van der Waals surface area (Å²) in [6.07, 6.45) is 3.75. The molecule has 1 nitrogen and oxygen atoms in total. The van der Waals surface area contributed by atoms with Gasteiger partial charge in [-0.1, -0.05) is 30.9 Å². The first-order valence-corrected chi connectivity index (χ1v) is 4.87. The lowest BCUT2D eigenvalue weighted by atomic mass is 10.2. The van der Waals surface area contributed by atoms with E-state index in [0.717, 1.165) is 6.54 Å². The van der Waals surface area contributed by atoms with Crippen LogP contribution >= 0.6 is 0 Å². The number of unbranched alkanes of at least 4 members (excludes halogenated alkanes) is 2. The van der Waals surface area contributed by atoms with E-state index in [1.807, 2.05) is 0 Å². The summed E-state index contributed by atoms with van der Waals surface area (Å²) in [5.41, 5.74) is 8.07. The summed E-state index contributed by atoms with van der Waals surface area (Å²) < 4.78 is 0. The molecule has 0 rings (SSSR count). The molecule has 0 amide bonds. The second kappa shape index (κ2) is 10.7. The Kier molecular flexibility index (Phi) is 12.7. The minimum absolute atomic E-state index is 0.855. The predicted octanol–water partition coefficient (Wildman–Crippen LogP) is 3.50. The molecule has 0 spiro atoms. The third-order valence-corrected chi connectivity index (χ3v) is 1.81. The Bertz CT molecular complexity index is 92.2. The van der Waals surface area contributed by atoms with Crippen molar-refractivity contribution in [2.45, 2.75) is 53.9 Å². The number of nitrogens with two attached hydrogens (primary N) is 1. The molecule has 12 heavy (non-hydrogen) atoms. The van der Waals surface area contributed by atoms with Gasteiger partial charge in [0.25, 0.3) is 0 Å². The van der Waals surface area contributed by atoms with Crippen molar-refractivity contribution in [3.8, 4) is 0 Å². The average molecular weight is 171 g/mol. The lowest BCUT2D eigenvalue weighted by Crippen LogP contribution is -1.96. The SMILES string of the molecule is CC(C)=C(C)C.CCCCCN. The molecule has 1 heteroatoms. The maximum absolute atomic E-state index is 5.21. The molecule has 0 radical (unpaired) electrons. The van der Waals surface area contributed by atoms with Gasteiger partial charge in [-0.05, 0) is 40.7 Å². The van der Waals surface area contributed by atoms with Crippen LogP contribution in [0, 0.1) is 0 Å². The molecule has 0 unspecified atom stereocenters. The molecule has 0 saturated heterocycles. The summed E-state index contributed by atoms with van der Waals surface area (Å²) in [6, 6.07) is 0. The molecule has 0 aliphatic heterocycles. The molecule has 0 atom stereocenters. The van der Waals surface area contributed by atoms with Crippen molar-refractivity contribution in [2.24, 2.45) is 5.73 Å². The third-order valence-electron chi connectivity index (χ3n) is 1.81. The Hall–Kier alpha value is -0.300. The van der Waals surface area contributed by atoms with Crippen molar-refractivity contribution in [3.63, 3.8) is 0 Å². The maximum atomic E-state index is 5.21. The second-order valence-electron chi connectivity index (χ2n) is 3.50. The van der Waals surface area contributed by atoms with Crippen LogP contribution in [0.25, 0.3) is 0 Å². The Morgan fingerprint density at radius 2 is 1.33 bits per heavy atom. The van der Waals surface area contributed by atoms with Crippen LogP contribution in [0.5, 0.6) is 0 Å². The van der Waals surface area contributed by atoms with Crippen molar-refractivity contribution in [2.75, 3.05) is 6.54 Å². The first-order chi connectivity index (χ1) is 5.56. The zero-order valence-electron chi connectivity index (χ0n) is 9.41. The standard InChI is InChI=1S/C6H12.C5H13N/c1-5(2)6(3)4;1-2-3-4-5-6/h1-4H3;2-6H2,1H3. The molecule has 74 valence electrons. The van der Waals surface area contributed by atoms with Crippen molar-refractivity contribution in [1.29, 1.82) is 0 Å². The van der Waals surface area contributed by atoms with Gasteiger partial charge < -0.3 is 5.73 Å². The minimum atomic E-state index is 0.855. The highest BCUT2D eigenvalue weighted by molar-refractivity contribution is 5.02. The predicted molar refractivity (Wildman–Crippen MR) is 58.3 cm³/mol. The molecule has 0 bridgehead atoms. The molecule has 0 aromatic carbocycles. The molecule has 0 aliphatic carbocycles. The third kappa shape index (κ3) is 16.4. The summed E-state index contributed by atoms with van der Waals surface area (Å²) in [6.45, 7) is 11.5. The first-order valence-electron chi connectivity index (χ1n) is 4.87. The van der Waals surface area contributed by atoms with Crippen LogP contribution in [0.1, 0.15) is 53.9 Å². The Morgan fingerprint density at radius 3 is 1.42 bits per heavy atom. The normalized spacial score (nSPS) is 8.50. The van der Waals surface area contributed by atoms with Crippen molar-refractivity contribution in [3.05, 3.63) is 11.1 Å². The van der Waals surface area contributed by atoms with Crippen molar-refractivity contribution < 1.29 is 0 Å². The van der Waals surface area contributed by atoms with Crippen molar-refractivity contribution in [1.82, 2.24) is 0 Å². The fourth-order valence-corrected chi connectivity index (χ4v) is 0.394. The highest BCUT2D eigenvalue weighted by atomic mass is 14.5. The van der Waals surface area contributed by atoms with E-state index in [9.17, 15) is 0 Å².